The van der Waals surface area contributed by atoms with Crippen molar-refractivity contribution in [2.24, 2.45) is 11.8 Å². The van der Waals surface area contributed by atoms with Gasteiger partial charge in [-0.05, 0) is 44.4 Å². The van der Waals surface area contributed by atoms with Crippen LogP contribution in [-0.4, -0.2) is 41.6 Å². The molecular weight excluding hydrogens is 222 g/mol. The first kappa shape index (κ1) is 12.1. The van der Waals surface area contributed by atoms with Gasteiger partial charge in [0.05, 0.1) is 0 Å². The van der Waals surface area contributed by atoms with Gasteiger partial charge in [0.15, 0.2) is 0 Å². The van der Waals surface area contributed by atoms with E-state index in [4.69, 9.17) is 0 Å². The van der Waals surface area contributed by atoms with Crippen LogP contribution in [0.1, 0.15) is 19.5 Å². The van der Waals surface area contributed by atoms with Gasteiger partial charge in [-0.25, -0.2) is 0 Å². The zero-order valence-electron chi connectivity index (χ0n) is 11.4. The van der Waals surface area contributed by atoms with Gasteiger partial charge in [-0.15, -0.1) is 0 Å². The molecule has 2 atom stereocenters. The highest BCUT2D eigenvalue weighted by Gasteiger charge is 2.48. The number of rotatable bonds is 3. The largest absolute Gasteiger partial charge is 0.316 e. The quantitative estimate of drug-likeness (QED) is 0.876. The minimum absolute atomic E-state index is 0.336. The SMILES string of the molecule is CC1(C)C2CNCC2CN1CCc1ccccn1. The molecule has 2 fully saturated rings. The summed E-state index contributed by atoms with van der Waals surface area (Å²) >= 11 is 0. The normalized spacial score (nSPS) is 30.6. The molecule has 1 aromatic rings. The Bertz CT molecular complexity index is 401. The standard InChI is InChI=1S/C15H23N3/c1-15(2)14-10-16-9-12(14)11-18(15)8-6-13-5-3-4-7-17-13/h3-5,7,12,14,16H,6,8-11H2,1-2H3. The van der Waals surface area contributed by atoms with Gasteiger partial charge in [0.2, 0.25) is 0 Å². The fourth-order valence-corrected chi connectivity index (χ4v) is 3.68. The molecule has 98 valence electrons. The maximum Gasteiger partial charge on any atom is 0.0416 e. The third kappa shape index (κ3) is 2.06. The number of nitrogens with one attached hydrogen (secondary N) is 1. The lowest BCUT2D eigenvalue weighted by atomic mass is 9.85. The van der Waals surface area contributed by atoms with Crippen molar-refractivity contribution in [2.75, 3.05) is 26.2 Å². The molecule has 0 radical (unpaired) electrons. The topological polar surface area (TPSA) is 28.2 Å². The minimum atomic E-state index is 0.336. The number of likely N-dealkylation sites (tertiary alicyclic amines) is 1. The number of hydrogen-bond donors (Lipinski definition) is 1. The molecule has 0 bridgehead atoms. The summed E-state index contributed by atoms with van der Waals surface area (Å²) in [4.78, 5) is 7.09. The fourth-order valence-electron chi connectivity index (χ4n) is 3.68. The Morgan fingerprint density at radius 1 is 1.39 bits per heavy atom. The van der Waals surface area contributed by atoms with E-state index >= 15 is 0 Å². The first-order chi connectivity index (χ1) is 8.68. The molecule has 3 nitrogen and oxygen atoms in total. The van der Waals surface area contributed by atoms with Crippen molar-refractivity contribution in [3.63, 3.8) is 0 Å². The monoisotopic (exact) mass is 245 g/mol. The molecule has 1 N–H and O–H groups in total. The van der Waals surface area contributed by atoms with Crippen molar-refractivity contribution in [3.8, 4) is 0 Å². The first-order valence-electron chi connectivity index (χ1n) is 7.03. The van der Waals surface area contributed by atoms with E-state index in [0.29, 0.717) is 5.54 Å². The third-order valence-electron chi connectivity index (χ3n) is 4.88. The number of fused-ring (bicyclic) bond motifs is 1. The molecule has 0 amide bonds. The van der Waals surface area contributed by atoms with Crippen molar-refractivity contribution in [1.82, 2.24) is 15.2 Å². The van der Waals surface area contributed by atoms with Gasteiger partial charge in [0.1, 0.15) is 0 Å². The van der Waals surface area contributed by atoms with E-state index in [1.54, 1.807) is 0 Å². The highest BCUT2D eigenvalue weighted by molar-refractivity contribution is 5.07. The summed E-state index contributed by atoms with van der Waals surface area (Å²) in [6.45, 7) is 9.59. The van der Waals surface area contributed by atoms with E-state index in [1.807, 2.05) is 12.3 Å². The first-order valence-corrected chi connectivity index (χ1v) is 7.03. The van der Waals surface area contributed by atoms with Crippen LogP contribution >= 0.6 is 0 Å². The molecule has 0 aromatic carbocycles. The Labute approximate surface area is 110 Å². The molecule has 18 heavy (non-hydrogen) atoms. The predicted octanol–water partition coefficient (Wildman–Crippen LogP) is 1.55. The molecule has 2 unspecified atom stereocenters. The molecule has 3 rings (SSSR count). The summed E-state index contributed by atoms with van der Waals surface area (Å²) in [5, 5.41) is 3.54. The third-order valence-corrected chi connectivity index (χ3v) is 4.88. The second kappa shape index (κ2) is 4.63. The van der Waals surface area contributed by atoms with E-state index in [1.165, 1.54) is 25.3 Å². The molecule has 3 heterocycles. The Morgan fingerprint density at radius 3 is 3.00 bits per heavy atom. The van der Waals surface area contributed by atoms with Crippen LogP contribution in [0.25, 0.3) is 0 Å². The van der Waals surface area contributed by atoms with E-state index in [2.05, 4.69) is 41.2 Å². The smallest absolute Gasteiger partial charge is 0.0416 e. The van der Waals surface area contributed by atoms with E-state index in [0.717, 1.165) is 24.8 Å². The second-order valence-electron chi connectivity index (χ2n) is 6.20. The summed E-state index contributed by atoms with van der Waals surface area (Å²) in [7, 11) is 0. The van der Waals surface area contributed by atoms with Gasteiger partial charge in [-0.1, -0.05) is 6.07 Å². The molecule has 0 aliphatic carbocycles. The summed E-state index contributed by atoms with van der Waals surface area (Å²) in [5.74, 6) is 1.67. The van der Waals surface area contributed by atoms with Crippen molar-refractivity contribution in [1.29, 1.82) is 0 Å². The van der Waals surface area contributed by atoms with E-state index in [9.17, 15) is 0 Å². The van der Waals surface area contributed by atoms with Crippen LogP contribution in [0.5, 0.6) is 0 Å². The Morgan fingerprint density at radius 2 is 2.28 bits per heavy atom. The van der Waals surface area contributed by atoms with Crippen LogP contribution in [0.4, 0.5) is 0 Å². The molecule has 0 saturated carbocycles. The highest BCUT2D eigenvalue weighted by Crippen LogP contribution is 2.40. The molecule has 0 spiro atoms. The maximum absolute atomic E-state index is 4.42. The van der Waals surface area contributed by atoms with Crippen molar-refractivity contribution in [3.05, 3.63) is 30.1 Å². The highest BCUT2D eigenvalue weighted by atomic mass is 15.2. The summed E-state index contributed by atoms with van der Waals surface area (Å²) < 4.78 is 0. The van der Waals surface area contributed by atoms with Crippen molar-refractivity contribution >= 4 is 0 Å². The van der Waals surface area contributed by atoms with Crippen molar-refractivity contribution in [2.45, 2.75) is 25.8 Å². The minimum Gasteiger partial charge on any atom is -0.316 e. The zero-order valence-corrected chi connectivity index (χ0v) is 11.4. The van der Waals surface area contributed by atoms with Gasteiger partial charge in [-0.3, -0.25) is 9.88 Å². The van der Waals surface area contributed by atoms with Gasteiger partial charge in [0.25, 0.3) is 0 Å². The van der Waals surface area contributed by atoms with Crippen LogP contribution in [0, 0.1) is 11.8 Å². The zero-order chi connectivity index (χ0) is 12.6. The van der Waals surface area contributed by atoms with Gasteiger partial charge in [-0.2, -0.15) is 0 Å². The van der Waals surface area contributed by atoms with Gasteiger partial charge in [0, 0.05) is 43.5 Å². The average molecular weight is 245 g/mol. The average Bonchev–Trinajstić information content (AvgIpc) is 2.91. The summed E-state index contributed by atoms with van der Waals surface area (Å²) in [5.41, 5.74) is 1.55. The van der Waals surface area contributed by atoms with E-state index in [-0.39, 0.29) is 0 Å². The Kier molecular flexibility index (Phi) is 3.12. The lowest BCUT2D eigenvalue weighted by Crippen LogP contribution is -2.45. The van der Waals surface area contributed by atoms with Crippen LogP contribution in [0.15, 0.2) is 24.4 Å². The van der Waals surface area contributed by atoms with Crippen molar-refractivity contribution < 1.29 is 0 Å². The molecule has 1 aromatic heterocycles. The summed E-state index contributed by atoms with van der Waals surface area (Å²) in [6.07, 6.45) is 2.96. The van der Waals surface area contributed by atoms with Gasteiger partial charge >= 0.3 is 0 Å². The predicted molar refractivity (Wildman–Crippen MR) is 73.4 cm³/mol. The lowest BCUT2D eigenvalue weighted by molar-refractivity contribution is 0.141. The Balaban J connectivity index is 1.64. The number of nitrogens with zero attached hydrogens (tertiary/aromatic N) is 2. The molecule has 3 heteroatoms. The molecule has 2 saturated heterocycles. The second-order valence-corrected chi connectivity index (χ2v) is 6.20. The number of pyridine rings is 1. The Hall–Kier alpha value is -0.930. The molecule has 2 aliphatic rings. The number of aromatic nitrogens is 1. The maximum atomic E-state index is 4.42. The van der Waals surface area contributed by atoms with Crippen LogP contribution < -0.4 is 5.32 Å². The van der Waals surface area contributed by atoms with Crippen LogP contribution in [0.2, 0.25) is 0 Å². The van der Waals surface area contributed by atoms with E-state index < -0.39 is 0 Å². The lowest BCUT2D eigenvalue weighted by Gasteiger charge is -2.35. The van der Waals surface area contributed by atoms with Crippen LogP contribution in [0.3, 0.4) is 0 Å². The van der Waals surface area contributed by atoms with Gasteiger partial charge < -0.3 is 5.32 Å². The van der Waals surface area contributed by atoms with Crippen LogP contribution in [-0.2, 0) is 6.42 Å². The molecule has 2 aliphatic heterocycles. The fraction of sp³-hybridized carbons (Fsp3) is 0.667. The summed E-state index contributed by atoms with van der Waals surface area (Å²) in [6, 6.07) is 6.20. The number of hydrogen-bond acceptors (Lipinski definition) is 3. The molecular formula is C15H23N3.